The number of hydrogen-bond acceptors (Lipinski definition) is 7. The fourth-order valence-electron chi connectivity index (χ4n) is 0.270. The summed E-state index contributed by atoms with van der Waals surface area (Å²) < 4.78 is 0. The largest absolute Gasteiger partial charge is 0.631 e. The van der Waals surface area contributed by atoms with Gasteiger partial charge in [-0.1, -0.05) is 0 Å². The van der Waals surface area contributed by atoms with E-state index in [9.17, 15) is 9.59 Å². The normalized spacial score (nSPS) is 12.3. The van der Waals surface area contributed by atoms with Crippen molar-refractivity contribution in [2.24, 2.45) is 0 Å². The lowest BCUT2D eigenvalue weighted by molar-refractivity contribution is -0.165. The van der Waals surface area contributed by atoms with Crippen molar-refractivity contribution in [2.45, 2.75) is 12.2 Å². The van der Waals surface area contributed by atoms with Crippen LogP contribution in [0.15, 0.2) is 0 Å². The van der Waals surface area contributed by atoms with Gasteiger partial charge in [0, 0.05) is 0 Å². The van der Waals surface area contributed by atoms with Gasteiger partial charge in [-0.25, -0.2) is 9.59 Å². The Balaban J connectivity index is -0.000000249. The maximum atomic E-state index is 9.77. The lowest BCUT2D eigenvalue weighted by atomic mass is 10.2. The molecule has 7 N–H and O–H groups in total. The summed E-state index contributed by atoms with van der Waals surface area (Å²) in [7, 11) is -2.17. The van der Waals surface area contributed by atoms with E-state index >= 15 is 0 Å². The van der Waals surface area contributed by atoms with Crippen LogP contribution < -0.4 is 0 Å². The first-order valence-electron chi connectivity index (χ1n) is 3.06. The summed E-state index contributed by atoms with van der Waals surface area (Å²) >= 11 is 0. The number of aliphatic hydroxyl groups is 2. The highest BCUT2D eigenvalue weighted by atomic mass is 27.0. The molecular weight excluding hydrogens is 230 g/mol. The van der Waals surface area contributed by atoms with E-state index in [1.165, 1.54) is 0 Å². The molecule has 11 heteroatoms. The highest BCUT2D eigenvalue weighted by molar-refractivity contribution is 6.30. The van der Waals surface area contributed by atoms with Gasteiger partial charge in [-0.05, 0) is 0 Å². The van der Waals surface area contributed by atoms with E-state index in [0.717, 1.165) is 0 Å². The van der Waals surface area contributed by atoms with Crippen LogP contribution in [-0.2, 0) is 9.59 Å². The first kappa shape index (κ1) is 19.8. The second-order valence-electron chi connectivity index (χ2n) is 1.91. The fraction of sp³-hybridized carbons (Fsp3) is 0.500. The predicted molar refractivity (Wildman–Crippen MR) is 49.6 cm³/mol. The Morgan fingerprint density at radius 1 is 0.867 bits per heavy atom. The third-order valence-corrected chi connectivity index (χ3v) is 0.805. The first-order chi connectivity index (χ1) is 6.20. The van der Waals surface area contributed by atoms with E-state index in [1.54, 1.807) is 0 Å². The van der Waals surface area contributed by atoms with Gasteiger partial charge in [-0.3, -0.25) is 0 Å². The average molecular weight is 242 g/mol. The van der Waals surface area contributed by atoms with Crippen LogP contribution >= 0.6 is 0 Å². The first-order valence-corrected chi connectivity index (χ1v) is 3.06. The number of carbonyl (C=O) groups is 2. The molecule has 0 aliphatic carbocycles. The summed E-state index contributed by atoms with van der Waals surface area (Å²) in [5.41, 5.74) is 0. The summed E-state index contributed by atoms with van der Waals surface area (Å²) in [6, 6.07) is 0. The van der Waals surface area contributed by atoms with E-state index in [1.807, 2.05) is 0 Å². The molecule has 0 rings (SSSR count). The Kier molecular flexibility index (Phi) is 13.1. The van der Waals surface area contributed by atoms with Gasteiger partial charge in [0.15, 0.2) is 29.6 Å². The lowest BCUT2D eigenvalue weighted by Gasteiger charge is -2.07. The molecular formula is C4H12AlBO9. The molecule has 0 aliphatic rings. The topological polar surface area (TPSA) is 176 Å². The standard InChI is InChI=1S/C4H6O6.Al.BH3O3.3H/c5-1(3(7)8)2(6)4(9)10;;2-1(3)4;;;/h1-2,5-6H,(H,7,8)(H,9,10);;2-4H;;;. The zero-order valence-corrected chi connectivity index (χ0v) is 6.68. The second-order valence-corrected chi connectivity index (χ2v) is 1.91. The zero-order valence-electron chi connectivity index (χ0n) is 6.68. The summed E-state index contributed by atoms with van der Waals surface area (Å²) in [6.07, 6.45) is -4.53. The van der Waals surface area contributed by atoms with Gasteiger partial charge in [-0.15, -0.1) is 0 Å². The molecule has 0 fully saturated rings. The number of rotatable bonds is 3. The van der Waals surface area contributed by atoms with E-state index in [0.29, 0.717) is 0 Å². The molecule has 2 atom stereocenters. The van der Waals surface area contributed by atoms with Crippen LogP contribution in [0.25, 0.3) is 0 Å². The van der Waals surface area contributed by atoms with E-state index in [2.05, 4.69) is 0 Å². The number of hydrogen-bond donors (Lipinski definition) is 7. The molecule has 9 nitrogen and oxygen atoms in total. The van der Waals surface area contributed by atoms with Crippen LogP contribution in [0.4, 0.5) is 0 Å². The number of aliphatic hydroxyl groups excluding tert-OH is 2. The monoisotopic (exact) mass is 242 g/mol. The van der Waals surface area contributed by atoms with Gasteiger partial charge in [0.2, 0.25) is 0 Å². The van der Waals surface area contributed by atoms with Crippen molar-refractivity contribution < 1.29 is 45.1 Å². The molecule has 88 valence electrons. The Bertz CT molecular complexity index is 176. The minimum atomic E-state index is -2.27. The molecule has 0 aromatic heterocycles. The summed E-state index contributed by atoms with van der Waals surface area (Å²) in [5, 5.41) is 54.0. The van der Waals surface area contributed by atoms with Gasteiger partial charge < -0.3 is 35.5 Å². The number of aliphatic carboxylic acids is 2. The average Bonchev–Trinajstić information content (AvgIpc) is 2.00. The highest BCUT2D eigenvalue weighted by Crippen LogP contribution is 1.92. The molecule has 0 heterocycles. The van der Waals surface area contributed by atoms with Gasteiger partial charge in [-0.2, -0.15) is 0 Å². The third kappa shape index (κ3) is 13.3. The van der Waals surface area contributed by atoms with E-state index in [4.69, 9.17) is 35.5 Å². The second kappa shape index (κ2) is 9.88. The maximum Gasteiger partial charge on any atom is 0.631 e. The fourth-order valence-corrected chi connectivity index (χ4v) is 0.270. The van der Waals surface area contributed by atoms with Crippen molar-refractivity contribution in [1.29, 1.82) is 0 Å². The molecule has 0 amide bonds. The van der Waals surface area contributed by atoms with Crippen molar-refractivity contribution >= 4 is 36.6 Å². The highest BCUT2D eigenvalue weighted by Gasteiger charge is 2.29. The number of carboxylic acid groups (broad SMARTS) is 2. The van der Waals surface area contributed by atoms with Crippen LogP contribution in [0.3, 0.4) is 0 Å². The SMILES string of the molecule is O=C(O)C(O)C(O)C(=O)O.OB(O)O.[AlH3]. The van der Waals surface area contributed by atoms with Gasteiger partial charge >= 0.3 is 19.3 Å². The lowest BCUT2D eigenvalue weighted by Crippen LogP contribution is -2.39. The van der Waals surface area contributed by atoms with Crippen LogP contribution in [0.5, 0.6) is 0 Å². The van der Waals surface area contributed by atoms with Crippen molar-refractivity contribution in [2.75, 3.05) is 0 Å². The summed E-state index contributed by atoms with van der Waals surface area (Å²) in [6.45, 7) is 0. The molecule has 0 saturated carbocycles. The molecule has 15 heavy (non-hydrogen) atoms. The summed E-state index contributed by atoms with van der Waals surface area (Å²) in [4.78, 5) is 19.5. The molecule has 0 aliphatic heterocycles. The van der Waals surface area contributed by atoms with Crippen LogP contribution in [0.1, 0.15) is 0 Å². The minimum Gasteiger partial charge on any atom is -0.479 e. The van der Waals surface area contributed by atoms with Crippen LogP contribution in [0, 0.1) is 0 Å². The van der Waals surface area contributed by atoms with Crippen LogP contribution in [-0.4, -0.2) is 84.3 Å². The molecule has 0 saturated heterocycles. The van der Waals surface area contributed by atoms with Crippen molar-refractivity contribution in [1.82, 2.24) is 0 Å². The number of carboxylic acids is 2. The van der Waals surface area contributed by atoms with E-state index in [-0.39, 0.29) is 17.4 Å². The minimum absolute atomic E-state index is 0. The van der Waals surface area contributed by atoms with Gasteiger partial charge in [0.05, 0.1) is 0 Å². The Labute approximate surface area is 94.5 Å². The predicted octanol–water partition coefficient (Wildman–Crippen LogP) is -5.36. The Morgan fingerprint density at radius 2 is 1.00 bits per heavy atom. The van der Waals surface area contributed by atoms with Crippen LogP contribution in [0.2, 0.25) is 0 Å². The quantitative estimate of drug-likeness (QED) is 0.238. The zero-order chi connectivity index (χ0) is 11.9. The Hall–Kier alpha value is -0.663. The smallest absolute Gasteiger partial charge is 0.479 e. The van der Waals surface area contributed by atoms with Crippen molar-refractivity contribution in [3.05, 3.63) is 0 Å². The third-order valence-electron chi connectivity index (χ3n) is 0.805. The van der Waals surface area contributed by atoms with Crippen molar-refractivity contribution in [3.63, 3.8) is 0 Å². The van der Waals surface area contributed by atoms with E-state index < -0.39 is 31.5 Å². The molecule has 0 radical (unpaired) electrons. The molecule has 0 bridgehead atoms. The van der Waals surface area contributed by atoms with Crippen molar-refractivity contribution in [3.8, 4) is 0 Å². The molecule has 0 aromatic carbocycles. The summed E-state index contributed by atoms with van der Waals surface area (Å²) in [5.74, 6) is -3.54. The van der Waals surface area contributed by atoms with Gasteiger partial charge in [0.1, 0.15) is 0 Å². The molecule has 0 aromatic rings. The molecule has 0 spiro atoms. The molecule has 2 unspecified atom stereocenters. The Morgan fingerprint density at radius 3 is 1.07 bits per heavy atom. The maximum absolute atomic E-state index is 9.77. The van der Waals surface area contributed by atoms with Gasteiger partial charge in [0.25, 0.3) is 0 Å².